The minimum atomic E-state index is -0.262. The predicted octanol–water partition coefficient (Wildman–Crippen LogP) is 1.28. The molecule has 0 aliphatic carbocycles. The number of carbonyl (C=O) groups is 1. The second-order valence-electron chi connectivity index (χ2n) is 3.07. The maximum atomic E-state index is 10.9. The number of hydrogen-bond acceptors (Lipinski definition) is 2. The molecule has 0 bridgehead atoms. The molecule has 5 heteroatoms. The van der Waals surface area contributed by atoms with Crippen LogP contribution in [0.25, 0.3) is 0 Å². The summed E-state index contributed by atoms with van der Waals surface area (Å²) in [5.41, 5.74) is 1.01. The Balaban J connectivity index is 2.64. The SMILES string of the molecule is CNC(=O)Nc1cc(C(C)C)[nH]n1. The lowest BCUT2D eigenvalue weighted by Crippen LogP contribution is -2.24. The summed E-state index contributed by atoms with van der Waals surface area (Å²) in [5, 5.41) is 11.8. The van der Waals surface area contributed by atoms with E-state index in [0.717, 1.165) is 5.69 Å². The van der Waals surface area contributed by atoms with Gasteiger partial charge in [-0.2, -0.15) is 5.10 Å². The topological polar surface area (TPSA) is 69.8 Å². The third kappa shape index (κ3) is 2.47. The smallest absolute Gasteiger partial charge is 0.320 e. The number of aromatic amines is 1. The molecule has 1 heterocycles. The Morgan fingerprint density at radius 3 is 2.77 bits per heavy atom. The van der Waals surface area contributed by atoms with Gasteiger partial charge in [0.25, 0.3) is 0 Å². The van der Waals surface area contributed by atoms with Crippen LogP contribution in [0.1, 0.15) is 25.5 Å². The van der Waals surface area contributed by atoms with Gasteiger partial charge in [-0.15, -0.1) is 0 Å². The number of rotatable bonds is 2. The van der Waals surface area contributed by atoms with Gasteiger partial charge < -0.3 is 5.32 Å². The molecule has 3 N–H and O–H groups in total. The average Bonchev–Trinajstić information content (AvgIpc) is 2.52. The molecular formula is C8H14N4O. The van der Waals surface area contributed by atoms with Gasteiger partial charge >= 0.3 is 6.03 Å². The number of aromatic nitrogens is 2. The van der Waals surface area contributed by atoms with E-state index in [-0.39, 0.29) is 6.03 Å². The lowest BCUT2D eigenvalue weighted by atomic mass is 10.1. The highest BCUT2D eigenvalue weighted by Crippen LogP contribution is 2.14. The summed E-state index contributed by atoms with van der Waals surface area (Å²) in [7, 11) is 1.56. The molecule has 72 valence electrons. The Bertz CT molecular complexity index is 292. The van der Waals surface area contributed by atoms with E-state index >= 15 is 0 Å². The van der Waals surface area contributed by atoms with Crippen molar-refractivity contribution >= 4 is 11.8 Å². The van der Waals surface area contributed by atoms with Crippen LogP contribution >= 0.6 is 0 Å². The zero-order chi connectivity index (χ0) is 9.84. The monoisotopic (exact) mass is 182 g/mol. The van der Waals surface area contributed by atoms with Gasteiger partial charge in [0.05, 0.1) is 0 Å². The van der Waals surface area contributed by atoms with Crippen LogP contribution in [0.4, 0.5) is 10.6 Å². The van der Waals surface area contributed by atoms with Crippen LogP contribution in [-0.2, 0) is 0 Å². The van der Waals surface area contributed by atoms with Crippen molar-refractivity contribution in [1.82, 2.24) is 15.5 Å². The van der Waals surface area contributed by atoms with Gasteiger partial charge in [-0.1, -0.05) is 13.8 Å². The molecule has 1 rings (SSSR count). The van der Waals surface area contributed by atoms with Crippen molar-refractivity contribution in [3.63, 3.8) is 0 Å². The zero-order valence-corrected chi connectivity index (χ0v) is 8.01. The highest BCUT2D eigenvalue weighted by atomic mass is 16.2. The van der Waals surface area contributed by atoms with Gasteiger partial charge in [0, 0.05) is 18.8 Å². The number of amides is 2. The lowest BCUT2D eigenvalue weighted by molar-refractivity contribution is 0.254. The van der Waals surface area contributed by atoms with E-state index in [0.29, 0.717) is 11.7 Å². The van der Waals surface area contributed by atoms with Crippen molar-refractivity contribution in [1.29, 1.82) is 0 Å². The Morgan fingerprint density at radius 1 is 1.62 bits per heavy atom. The molecule has 0 spiro atoms. The minimum Gasteiger partial charge on any atom is -0.341 e. The fourth-order valence-electron chi connectivity index (χ4n) is 0.875. The Labute approximate surface area is 76.9 Å². The molecule has 0 radical (unpaired) electrons. The fraction of sp³-hybridized carbons (Fsp3) is 0.500. The molecule has 2 amide bonds. The van der Waals surface area contributed by atoms with Crippen molar-refractivity contribution in [2.75, 3.05) is 12.4 Å². The molecule has 0 aromatic carbocycles. The van der Waals surface area contributed by atoms with Crippen molar-refractivity contribution < 1.29 is 4.79 Å². The van der Waals surface area contributed by atoms with Crippen LogP contribution in [0, 0.1) is 0 Å². The summed E-state index contributed by atoms with van der Waals surface area (Å²) in [4.78, 5) is 10.9. The van der Waals surface area contributed by atoms with E-state index in [2.05, 4.69) is 34.7 Å². The van der Waals surface area contributed by atoms with Gasteiger partial charge in [-0.25, -0.2) is 4.79 Å². The van der Waals surface area contributed by atoms with Crippen molar-refractivity contribution in [2.45, 2.75) is 19.8 Å². The second-order valence-corrected chi connectivity index (χ2v) is 3.07. The average molecular weight is 182 g/mol. The minimum absolute atomic E-state index is 0.262. The zero-order valence-electron chi connectivity index (χ0n) is 8.01. The summed E-state index contributed by atoms with van der Waals surface area (Å²) in [5.74, 6) is 0.927. The number of nitrogens with zero attached hydrogens (tertiary/aromatic N) is 1. The molecule has 1 aromatic rings. The Hall–Kier alpha value is -1.52. The molecule has 0 saturated carbocycles. The van der Waals surface area contributed by atoms with Gasteiger partial charge in [0.1, 0.15) is 0 Å². The van der Waals surface area contributed by atoms with Crippen molar-refractivity contribution in [3.8, 4) is 0 Å². The van der Waals surface area contributed by atoms with Gasteiger partial charge in [-0.3, -0.25) is 10.4 Å². The lowest BCUT2D eigenvalue weighted by Gasteiger charge is -1.98. The molecule has 1 aromatic heterocycles. The van der Waals surface area contributed by atoms with E-state index in [4.69, 9.17) is 0 Å². The molecule has 0 unspecified atom stereocenters. The standard InChI is InChI=1S/C8H14N4O/c1-5(2)6-4-7(12-11-6)10-8(13)9-3/h4-5H,1-3H3,(H3,9,10,11,12,13). The molecule has 0 aliphatic rings. The van der Waals surface area contributed by atoms with E-state index < -0.39 is 0 Å². The first-order valence-corrected chi connectivity index (χ1v) is 4.17. The summed E-state index contributed by atoms with van der Waals surface area (Å²) < 4.78 is 0. The van der Waals surface area contributed by atoms with E-state index in [9.17, 15) is 4.79 Å². The summed E-state index contributed by atoms with van der Waals surface area (Å²) in [6, 6.07) is 1.56. The maximum Gasteiger partial charge on any atom is 0.320 e. The van der Waals surface area contributed by atoms with Crippen LogP contribution in [-0.4, -0.2) is 23.3 Å². The summed E-state index contributed by atoms with van der Waals surface area (Å²) >= 11 is 0. The normalized spacial score (nSPS) is 10.2. The molecule has 0 atom stereocenters. The number of urea groups is 1. The fourth-order valence-corrected chi connectivity index (χ4v) is 0.875. The molecule has 0 saturated heterocycles. The number of hydrogen-bond donors (Lipinski definition) is 3. The van der Waals surface area contributed by atoms with E-state index in [1.807, 2.05) is 6.07 Å². The number of H-pyrrole nitrogens is 1. The van der Waals surface area contributed by atoms with Crippen LogP contribution in [0.2, 0.25) is 0 Å². The molecule has 13 heavy (non-hydrogen) atoms. The Morgan fingerprint density at radius 2 is 2.31 bits per heavy atom. The molecule has 0 aliphatic heterocycles. The van der Waals surface area contributed by atoms with Gasteiger partial charge in [-0.05, 0) is 5.92 Å². The van der Waals surface area contributed by atoms with Crippen molar-refractivity contribution in [3.05, 3.63) is 11.8 Å². The quantitative estimate of drug-likeness (QED) is 0.645. The maximum absolute atomic E-state index is 10.9. The summed E-state index contributed by atoms with van der Waals surface area (Å²) in [6.07, 6.45) is 0. The first-order chi connectivity index (χ1) is 6.13. The second kappa shape index (κ2) is 3.93. The van der Waals surface area contributed by atoms with Gasteiger partial charge in [0.15, 0.2) is 5.82 Å². The predicted molar refractivity (Wildman–Crippen MR) is 50.8 cm³/mol. The number of nitrogens with one attached hydrogen (secondary N) is 3. The third-order valence-corrected chi connectivity index (χ3v) is 1.69. The number of carbonyl (C=O) groups excluding carboxylic acids is 1. The van der Waals surface area contributed by atoms with E-state index in [1.54, 1.807) is 7.05 Å². The first kappa shape index (κ1) is 9.57. The van der Waals surface area contributed by atoms with Crippen LogP contribution < -0.4 is 10.6 Å². The van der Waals surface area contributed by atoms with Crippen molar-refractivity contribution in [2.24, 2.45) is 0 Å². The molecule has 5 nitrogen and oxygen atoms in total. The highest BCUT2D eigenvalue weighted by Gasteiger charge is 2.05. The highest BCUT2D eigenvalue weighted by molar-refractivity contribution is 5.87. The van der Waals surface area contributed by atoms with Crippen LogP contribution in [0.5, 0.6) is 0 Å². The number of anilines is 1. The van der Waals surface area contributed by atoms with E-state index in [1.165, 1.54) is 0 Å². The first-order valence-electron chi connectivity index (χ1n) is 4.17. The third-order valence-electron chi connectivity index (χ3n) is 1.69. The van der Waals surface area contributed by atoms with Crippen LogP contribution in [0.3, 0.4) is 0 Å². The largest absolute Gasteiger partial charge is 0.341 e. The summed E-state index contributed by atoms with van der Waals surface area (Å²) in [6.45, 7) is 4.11. The molecular weight excluding hydrogens is 168 g/mol. The Kier molecular flexibility index (Phi) is 2.89. The molecule has 0 fully saturated rings. The van der Waals surface area contributed by atoms with Gasteiger partial charge in [0.2, 0.25) is 0 Å². The van der Waals surface area contributed by atoms with Crippen LogP contribution in [0.15, 0.2) is 6.07 Å².